The first kappa shape index (κ1) is 35.1. The summed E-state index contributed by atoms with van der Waals surface area (Å²) >= 11 is 0. The third-order valence-electron chi connectivity index (χ3n) is 7.52. The summed E-state index contributed by atoms with van der Waals surface area (Å²) in [7, 11) is 1.74. The van der Waals surface area contributed by atoms with Crippen LogP contribution in [0.15, 0.2) is 66.9 Å². The van der Waals surface area contributed by atoms with Crippen molar-refractivity contribution in [3.05, 3.63) is 94.8 Å². The van der Waals surface area contributed by atoms with Gasteiger partial charge in [0.1, 0.15) is 0 Å². The molecule has 13 heteroatoms. The molecule has 0 radical (unpaired) electrons. The van der Waals surface area contributed by atoms with Crippen molar-refractivity contribution in [2.45, 2.75) is 45.6 Å². The van der Waals surface area contributed by atoms with Crippen LogP contribution in [0.2, 0.25) is 0 Å². The molecule has 0 saturated carbocycles. The van der Waals surface area contributed by atoms with E-state index >= 15 is 0 Å². The van der Waals surface area contributed by atoms with Crippen LogP contribution in [-0.2, 0) is 15.4 Å². The molecular formula is C34H43N7O5S. The summed E-state index contributed by atoms with van der Waals surface area (Å²) < 4.78 is 33.7. The Bertz CT molecular complexity index is 1850. The zero-order valence-electron chi connectivity index (χ0n) is 28.1. The van der Waals surface area contributed by atoms with Gasteiger partial charge in [-0.1, -0.05) is 62.4 Å². The van der Waals surface area contributed by atoms with Gasteiger partial charge >= 0.3 is 0 Å². The molecule has 4 aromatic rings. The highest BCUT2D eigenvalue weighted by atomic mass is 32.2. The van der Waals surface area contributed by atoms with Gasteiger partial charge in [0.15, 0.2) is 11.4 Å². The lowest BCUT2D eigenvalue weighted by atomic mass is 9.86. The highest BCUT2D eigenvalue weighted by Crippen LogP contribution is 2.39. The van der Waals surface area contributed by atoms with Crippen LogP contribution in [0.4, 0.5) is 11.4 Å². The number of benzene rings is 3. The van der Waals surface area contributed by atoms with Crippen LogP contribution < -0.4 is 20.1 Å². The summed E-state index contributed by atoms with van der Waals surface area (Å²) in [5.41, 5.74) is 3.75. The molecule has 0 spiro atoms. The number of nitrogens with zero attached hydrogens (tertiary/aromatic N) is 4. The van der Waals surface area contributed by atoms with Gasteiger partial charge in [-0.3, -0.25) is 14.3 Å². The number of methoxy groups -OCH3 is 1. The number of ether oxygens (including phenoxy) is 1. The first-order chi connectivity index (χ1) is 22.1. The van der Waals surface area contributed by atoms with Gasteiger partial charge in [-0.25, -0.2) is 13.1 Å². The van der Waals surface area contributed by atoms with E-state index in [-0.39, 0.29) is 34.5 Å². The molecule has 1 heterocycles. The third-order valence-corrected chi connectivity index (χ3v) is 8.11. The molecule has 1 atom stereocenters. The number of hydrogen-bond donors (Lipinski definition) is 3. The summed E-state index contributed by atoms with van der Waals surface area (Å²) in [5, 5.41) is 14.3. The minimum Gasteiger partial charge on any atom is -0.492 e. The fourth-order valence-corrected chi connectivity index (χ4v) is 5.51. The highest BCUT2D eigenvalue weighted by molar-refractivity contribution is 7.92. The van der Waals surface area contributed by atoms with Gasteiger partial charge in [0.25, 0.3) is 11.8 Å². The van der Waals surface area contributed by atoms with Crippen LogP contribution in [0.3, 0.4) is 0 Å². The minimum atomic E-state index is -3.63. The van der Waals surface area contributed by atoms with Gasteiger partial charge < -0.3 is 20.3 Å². The zero-order valence-corrected chi connectivity index (χ0v) is 28.9. The quantitative estimate of drug-likeness (QED) is 0.194. The van der Waals surface area contributed by atoms with Crippen LogP contribution in [0.1, 0.15) is 70.8 Å². The van der Waals surface area contributed by atoms with Gasteiger partial charge in [-0.2, -0.15) is 0 Å². The molecule has 4 rings (SSSR count). The molecule has 0 saturated heterocycles. The number of rotatable bonds is 12. The molecule has 3 aromatic carbocycles. The van der Waals surface area contributed by atoms with Crippen molar-refractivity contribution in [1.82, 2.24) is 25.2 Å². The molecular weight excluding hydrogens is 618 g/mol. The Morgan fingerprint density at radius 3 is 2.30 bits per heavy atom. The molecule has 2 amide bonds. The Kier molecular flexibility index (Phi) is 10.7. The second-order valence-corrected chi connectivity index (χ2v) is 14.5. The second-order valence-electron chi connectivity index (χ2n) is 12.8. The number of aromatic nitrogens is 3. The van der Waals surface area contributed by atoms with E-state index in [2.05, 4.69) is 30.6 Å². The van der Waals surface area contributed by atoms with E-state index in [1.807, 2.05) is 72.1 Å². The standard InChI is InChI=1S/C34H43N7O5S/c1-22-14-15-24(32(42)36-27-19-25(34(2,3)4)20-28(31(27)46-7)38-47(8,44)45)18-30(22)41-21-29(37-39-41)33(43)35-26(16-17-40(5)6)23-12-10-9-11-13-23/h9-15,18-21,26,38H,16-17H2,1-8H3,(H,35,43)(H,36,42)/t26-/m1/s1. The Hall–Kier alpha value is -4.75. The van der Waals surface area contributed by atoms with Crippen molar-refractivity contribution in [2.75, 3.05) is 44.0 Å². The number of carbonyl (C=O) groups is 2. The van der Waals surface area contributed by atoms with Crippen molar-refractivity contribution in [3.63, 3.8) is 0 Å². The maximum absolute atomic E-state index is 13.6. The fraction of sp³-hybridized carbons (Fsp3) is 0.353. The Balaban J connectivity index is 1.60. The van der Waals surface area contributed by atoms with E-state index in [4.69, 9.17) is 4.74 Å². The zero-order chi connectivity index (χ0) is 34.5. The monoisotopic (exact) mass is 661 g/mol. The van der Waals surface area contributed by atoms with E-state index in [0.29, 0.717) is 23.4 Å². The number of sulfonamides is 1. The minimum absolute atomic E-state index is 0.139. The average Bonchev–Trinajstić information content (AvgIpc) is 3.49. The summed E-state index contributed by atoms with van der Waals surface area (Å²) in [4.78, 5) is 29.0. The number of carbonyl (C=O) groups excluding carboxylic acids is 2. The van der Waals surface area contributed by atoms with Gasteiger partial charge in [-0.15, -0.1) is 5.10 Å². The molecule has 0 unspecified atom stereocenters. The largest absolute Gasteiger partial charge is 0.492 e. The molecule has 47 heavy (non-hydrogen) atoms. The first-order valence-electron chi connectivity index (χ1n) is 15.1. The van der Waals surface area contributed by atoms with E-state index < -0.39 is 15.9 Å². The lowest BCUT2D eigenvalue weighted by Crippen LogP contribution is -2.31. The smallest absolute Gasteiger partial charge is 0.273 e. The molecule has 12 nitrogen and oxygen atoms in total. The second kappa shape index (κ2) is 14.3. The third kappa shape index (κ3) is 9.17. The molecule has 250 valence electrons. The van der Waals surface area contributed by atoms with Crippen LogP contribution in [0.5, 0.6) is 5.75 Å². The predicted molar refractivity (Wildman–Crippen MR) is 184 cm³/mol. The van der Waals surface area contributed by atoms with Gasteiger partial charge in [0, 0.05) is 5.56 Å². The fourth-order valence-electron chi connectivity index (χ4n) is 4.95. The average molecular weight is 662 g/mol. The van der Waals surface area contributed by atoms with Crippen LogP contribution >= 0.6 is 0 Å². The Morgan fingerprint density at radius 2 is 1.68 bits per heavy atom. The van der Waals surface area contributed by atoms with Crippen LogP contribution in [0, 0.1) is 6.92 Å². The van der Waals surface area contributed by atoms with Crippen molar-refractivity contribution >= 4 is 33.2 Å². The van der Waals surface area contributed by atoms with Crippen molar-refractivity contribution in [1.29, 1.82) is 0 Å². The highest BCUT2D eigenvalue weighted by Gasteiger charge is 2.23. The molecule has 3 N–H and O–H groups in total. The van der Waals surface area contributed by atoms with Crippen LogP contribution in [-0.4, -0.2) is 74.1 Å². The SMILES string of the molecule is COc1c(NC(=O)c2ccc(C)c(-n3cc(C(=O)N[C@H](CCN(C)C)c4ccccc4)nn3)c2)cc(C(C)(C)C)cc1NS(C)(=O)=O. The van der Waals surface area contributed by atoms with Gasteiger partial charge in [-0.05, 0) is 80.4 Å². The number of amides is 2. The molecule has 0 bridgehead atoms. The van der Waals surface area contributed by atoms with Crippen LogP contribution in [0.25, 0.3) is 5.69 Å². The summed E-state index contributed by atoms with van der Waals surface area (Å²) in [6.07, 6.45) is 3.29. The lowest BCUT2D eigenvalue weighted by Gasteiger charge is -2.24. The van der Waals surface area contributed by atoms with E-state index in [1.165, 1.54) is 18.0 Å². The number of nitrogens with one attached hydrogen (secondary N) is 3. The maximum Gasteiger partial charge on any atom is 0.273 e. The number of anilines is 2. The topological polar surface area (TPSA) is 148 Å². The normalized spacial score (nSPS) is 12.4. The van der Waals surface area contributed by atoms with E-state index in [0.717, 1.165) is 29.5 Å². The van der Waals surface area contributed by atoms with E-state index in [1.54, 1.807) is 30.3 Å². The molecule has 0 aliphatic carbocycles. The van der Waals surface area contributed by atoms with Gasteiger partial charge in [0.05, 0.1) is 42.7 Å². The van der Waals surface area contributed by atoms with Crippen molar-refractivity contribution < 1.29 is 22.7 Å². The lowest BCUT2D eigenvalue weighted by molar-refractivity contribution is 0.0927. The maximum atomic E-state index is 13.6. The summed E-state index contributed by atoms with van der Waals surface area (Å²) in [6, 6.07) is 18.1. The van der Waals surface area contributed by atoms with Gasteiger partial charge in [0.2, 0.25) is 10.0 Å². The molecule has 1 aromatic heterocycles. The number of hydrogen-bond acceptors (Lipinski definition) is 8. The van der Waals surface area contributed by atoms with Crippen molar-refractivity contribution in [3.8, 4) is 11.4 Å². The molecule has 0 fully saturated rings. The first-order valence-corrected chi connectivity index (χ1v) is 17.0. The van der Waals surface area contributed by atoms with E-state index in [9.17, 15) is 18.0 Å². The predicted octanol–water partition coefficient (Wildman–Crippen LogP) is 4.93. The summed E-state index contributed by atoms with van der Waals surface area (Å²) in [6.45, 7) is 8.59. The Labute approximate surface area is 276 Å². The van der Waals surface area contributed by atoms with Crippen molar-refractivity contribution in [2.24, 2.45) is 0 Å². The number of aryl methyl sites for hydroxylation is 1. The Morgan fingerprint density at radius 1 is 1.00 bits per heavy atom. The molecule has 0 aliphatic rings. The summed E-state index contributed by atoms with van der Waals surface area (Å²) in [5.74, 6) is -0.638. The molecule has 0 aliphatic heterocycles.